The molecule has 1 heterocycles. The molecule has 1 unspecified atom stereocenters. The van der Waals surface area contributed by atoms with Crippen LogP contribution in [0.25, 0.3) is 0 Å². The highest BCUT2D eigenvalue weighted by Crippen LogP contribution is 2.24. The largest absolute Gasteiger partial charge is 0.312 e. The number of hydrogen-bond donors (Lipinski definition) is 1. The minimum absolute atomic E-state index is 0.0869. The van der Waals surface area contributed by atoms with E-state index >= 15 is 0 Å². The van der Waals surface area contributed by atoms with E-state index in [0.29, 0.717) is 0 Å². The Hall–Kier alpha value is -0.410. The van der Waals surface area contributed by atoms with Crippen LogP contribution in [0.3, 0.4) is 0 Å². The lowest BCUT2D eigenvalue weighted by molar-refractivity contribution is 0.538. The van der Waals surface area contributed by atoms with Gasteiger partial charge in [-0.1, -0.05) is 6.92 Å². The Bertz CT molecular complexity index is 218. The molecule has 0 bridgehead atoms. The standard InChI is InChI=1S/C8H12FNS/c1-3-7(10-2)8-6(9)4-5-11-8/h4-5,7,10H,3H2,1-2H3. The first-order valence-corrected chi connectivity index (χ1v) is 4.57. The highest BCUT2D eigenvalue weighted by atomic mass is 32.1. The molecule has 1 N–H and O–H groups in total. The van der Waals surface area contributed by atoms with Crippen LogP contribution in [0.5, 0.6) is 0 Å². The summed E-state index contributed by atoms with van der Waals surface area (Å²) in [5.74, 6) is -0.0869. The molecule has 0 aliphatic carbocycles. The predicted octanol–water partition coefficient (Wildman–Crippen LogP) is 2.56. The lowest BCUT2D eigenvalue weighted by Gasteiger charge is -2.10. The topological polar surface area (TPSA) is 12.0 Å². The van der Waals surface area contributed by atoms with Crippen LogP contribution in [0, 0.1) is 5.82 Å². The second kappa shape index (κ2) is 3.83. The van der Waals surface area contributed by atoms with Crippen LogP contribution < -0.4 is 5.32 Å². The molecule has 0 radical (unpaired) electrons. The van der Waals surface area contributed by atoms with E-state index in [1.807, 2.05) is 14.0 Å². The van der Waals surface area contributed by atoms with Crippen molar-refractivity contribution in [3.63, 3.8) is 0 Å². The van der Waals surface area contributed by atoms with E-state index < -0.39 is 0 Å². The maximum atomic E-state index is 12.9. The summed E-state index contributed by atoms with van der Waals surface area (Å²) in [6.45, 7) is 2.04. The molecule has 1 atom stereocenters. The van der Waals surface area contributed by atoms with Crippen LogP contribution in [-0.4, -0.2) is 7.05 Å². The molecule has 11 heavy (non-hydrogen) atoms. The molecule has 1 nitrogen and oxygen atoms in total. The first-order valence-electron chi connectivity index (χ1n) is 3.69. The summed E-state index contributed by atoms with van der Waals surface area (Å²) in [6.07, 6.45) is 0.925. The summed E-state index contributed by atoms with van der Waals surface area (Å²) >= 11 is 1.47. The van der Waals surface area contributed by atoms with Crippen LogP contribution in [-0.2, 0) is 0 Å². The van der Waals surface area contributed by atoms with Gasteiger partial charge in [-0.3, -0.25) is 0 Å². The van der Waals surface area contributed by atoms with Crippen molar-refractivity contribution in [1.29, 1.82) is 0 Å². The van der Waals surface area contributed by atoms with E-state index in [0.717, 1.165) is 11.3 Å². The lowest BCUT2D eigenvalue weighted by Crippen LogP contribution is -2.14. The first kappa shape index (κ1) is 8.68. The maximum Gasteiger partial charge on any atom is 0.138 e. The van der Waals surface area contributed by atoms with Gasteiger partial charge in [0.2, 0.25) is 0 Å². The number of halogens is 1. The van der Waals surface area contributed by atoms with Crippen molar-refractivity contribution >= 4 is 11.3 Å². The fraction of sp³-hybridized carbons (Fsp3) is 0.500. The Morgan fingerprint density at radius 1 is 1.73 bits per heavy atom. The minimum atomic E-state index is -0.0869. The van der Waals surface area contributed by atoms with Crippen molar-refractivity contribution in [3.8, 4) is 0 Å². The SMILES string of the molecule is CCC(NC)c1sccc1F. The third-order valence-electron chi connectivity index (χ3n) is 1.72. The molecule has 0 saturated carbocycles. The molecule has 0 fully saturated rings. The van der Waals surface area contributed by atoms with Gasteiger partial charge >= 0.3 is 0 Å². The van der Waals surface area contributed by atoms with Crippen molar-refractivity contribution in [2.45, 2.75) is 19.4 Å². The van der Waals surface area contributed by atoms with Gasteiger partial charge < -0.3 is 5.32 Å². The smallest absolute Gasteiger partial charge is 0.138 e. The van der Waals surface area contributed by atoms with Crippen LogP contribution in [0.2, 0.25) is 0 Å². The minimum Gasteiger partial charge on any atom is -0.312 e. The van der Waals surface area contributed by atoms with Crippen molar-refractivity contribution in [2.24, 2.45) is 0 Å². The second-order valence-electron chi connectivity index (χ2n) is 2.38. The van der Waals surface area contributed by atoms with Crippen molar-refractivity contribution in [3.05, 3.63) is 22.1 Å². The molecular weight excluding hydrogens is 161 g/mol. The van der Waals surface area contributed by atoms with Gasteiger partial charge in [0.25, 0.3) is 0 Å². The van der Waals surface area contributed by atoms with Gasteiger partial charge in [0.05, 0.1) is 4.88 Å². The molecule has 62 valence electrons. The van der Waals surface area contributed by atoms with Gasteiger partial charge in [0.1, 0.15) is 5.82 Å². The monoisotopic (exact) mass is 173 g/mol. The molecule has 3 heteroatoms. The molecule has 0 aliphatic rings. The Labute approximate surface area is 70.2 Å². The normalized spacial score (nSPS) is 13.4. The Kier molecular flexibility index (Phi) is 3.02. The summed E-state index contributed by atoms with van der Waals surface area (Å²) in [5.41, 5.74) is 0. The van der Waals surface area contributed by atoms with E-state index in [9.17, 15) is 4.39 Å². The van der Waals surface area contributed by atoms with E-state index in [2.05, 4.69) is 5.32 Å². The molecule has 0 saturated heterocycles. The highest BCUT2D eigenvalue weighted by molar-refractivity contribution is 7.10. The molecule has 1 aromatic heterocycles. The third-order valence-corrected chi connectivity index (χ3v) is 2.72. The first-order chi connectivity index (χ1) is 5.29. The second-order valence-corrected chi connectivity index (χ2v) is 3.33. The third kappa shape index (κ3) is 1.79. The summed E-state index contributed by atoms with van der Waals surface area (Å²) < 4.78 is 12.9. The van der Waals surface area contributed by atoms with Gasteiger partial charge in [-0.15, -0.1) is 11.3 Å². The number of thiophene rings is 1. The zero-order valence-electron chi connectivity index (χ0n) is 6.73. The fourth-order valence-corrected chi connectivity index (χ4v) is 2.04. The Morgan fingerprint density at radius 3 is 2.82 bits per heavy atom. The van der Waals surface area contributed by atoms with E-state index in [1.165, 1.54) is 17.4 Å². The van der Waals surface area contributed by atoms with E-state index in [-0.39, 0.29) is 11.9 Å². The Morgan fingerprint density at radius 2 is 2.45 bits per heavy atom. The van der Waals surface area contributed by atoms with Gasteiger partial charge in [0.15, 0.2) is 0 Å². The van der Waals surface area contributed by atoms with Crippen LogP contribution >= 0.6 is 11.3 Å². The Balaban J connectivity index is 2.81. The predicted molar refractivity (Wildman–Crippen MR) is 46.4 cm³/mol. The summed E-state index contributed by atoms with van der Waals surface area (Å²) in [6, 6.07) is 1.69. The number of rotatable bonds is 3. The molecule has 0 aliphatic heterocycles. The average molecular weight is 173 g/mol. The van der Waals surface area contributed by atoms with Crippen molar-refractivity contribution < 1.29 is 4.39 Å². The van der Waals surface area contributed by atoms with Crippen molar-refractivity contribution in [2.75, 3.05) is 7.05 Å². The van der Waals surface area contributed by atoms with Gasteiger partial charge in [-0.2, -0.15) is 0 Å². The number of hydrogen-bond acceptors (Lipinski definition) is 2. The lowest BCUT2D eigenvalue weighted by atomic mass is 10.2. The van der Waals surface area contributed by atoms with Crippen molar-refractivity contribution in [1.82, 2.24) is 5.32 Å². The average Bonchev–Trinajstić information content (AvgIpc) is 2.40. The summed E-state index contributed by atoms with van der Waals surface area (Å²) in [7, 11) is 1.85. The van der Waals surface area contributed by atoms with Gasteiger partial charge in [0, 0.05) is 6.04 Å². The summed E-state index contributed by atoms with van der Waals surface area (Å²) in [4.78, 5) is 0.815. The van der Waals surface area contributed by atoms with Crippen LogP contribution in [0.4, 0.5) is 4.39 Å². The molecule has 1 aromatic rings. The van der Waals surface area contributed by atoms with E-state index in [4.69, 9.17) is 0 Å². The quantitative estimate of drug-likeness (QED) is 0.740. The maximum absolute atomic E-state index is 12.9. The molecule has 0 spiro atoms. The van der Waals surface area contributed by atoms with Crippen LogP contribution in [0.1, 0.15) is 24.3 Å². The summed E-state index contributed by atoms with van der Waals surface area (Å²) in [5, 5.41) is 4.85. The zero-order valence-corrected chi connectivity index (χ0v) is 7.54. The van der Waals surface area contributed by atoms with Gasteiger partial charge in [-0.25, -0.2) is 4.39 Å². The van der Waals surface area contributed by atoms with Crippen LogP contribution in [0.15, 0.2) is 11.4 Å². The van der Waals surface area contributed by atoms with E-state index in [1.54, 1.807) is 5.38 Å². The molecule has 0 aromatic carbocycles. The molecule has 1 rings (SSSR count). The molecule has 0 amide bonds. The van der Waals surface area contributed by atoms with Gasteiger partial charge in [-0.05, 0) is 24.9 Å². The zero-order chi connectivity index (χ0) is 8.27. The number of nitrogens with one attached hydrogen (secondary N) is 1. The highest BCUT2D eigenvalue weighted by Gasteiger charge is 2.12. The fourth-order valence-electron chi connectivity index (χ4n) is 1.07. The molecular formula is C8H12FNS.